The van der Waals surface area contributed by atoms with Crippen LogP contribution in [0.15, 0.2) is 24.3 Å². The lowest BCUT2D eigenvalue weighted by atomic mass is 10.1. The molecule has 2 unspecified atom stereocenters. The van der Waals surface area contributed by atoms with Crippen molar-refractivity contribution in [1.82, 2.24) is 5.32 Å². The van der Waals surface area contributed by atoms with Gasteiger partial charge in [0.1, 0.15) is 5.82 Å². The standard InChI is InChI=1S/C15H24FNO/c1-4-9-17-11-15(18-12(3)5-2)13-7-6-8-14(16)10-13/h6-8,10,12,15,17H,4-5,9,11H2,1-3H3. The third-order valence-corrected chi connectivity index (χ3v) is 2.95. The van der Waals surface area contributed by atoms with Crippen molar-refractivity contribution < 1.29 is 9.13 Å². The van der Waals surface area contributed by atoms with E-state index in [1.54, 1.807) is 12.1 Å². The first-order valence-corrected chi connectivity index (χ1v) is 6.79. The normalized spacial score (nSPS) is 14.4. The monoisotopic (exact) mass is 253 g/mol. The van der Waals surface area contributed by atoms with Crippen LogP contribution in [0.4, 0.5) is 4.39 Å². The first kappa shape index (κ1) is 15.1. The molecule has 1 aromatic carbocycles. The van der Waals surface area contributed by atoms with E-state index < -0.39 is 0 Å². The van der Waals surface area contributed by atoms with E-state index in [1.165, 1.54) is 6.07 Å². The van der Waals surface area contributed by atoms with Gasteiger partial charge in [-0.2, -0.15) is 0 Å². The second-order valence-electron chi connectivity index (χ2n) is 4.60. The summed E-state index contributed by atoms with van der Waals surface area (Å²) in [6, 6.07) is 6.67. The molecular weight excluding hydrogens is 229 g/mol. The zero-order valence-corrected chi connectivity index (χ0v) is 11.6. The smallest absolute Gasteiger partial charge is 0.123 e. The molecule has 2 nitrogen and oxygen atoms in total. The van der Waals surface area contributed by atoms with Crippen LogP contribution in [0.3, 0.4) is 0 Å². The van der Waals surface area contributed by atoms with Crippen LogP contribution in [0, 0.1) is 5.82 Å². The molecule has 102 valence electrons. The summed E-state index contributed by atoms with van der Waals surface area (Å²) < 4.78 is 19.2. The minimum absolute atomic E-state index is 0.0813. The number of hydrogen-bond acceptors (Lipinski definition) is 2. The van der Waals surface area contributed by atoms with Gasteiger partial charge in [0.15, 0.2) is 0 Å². The first-order chi connectivity index (χ1) is 8.67. The quantitative estimate of drug-likeness (QED) is 0.714. The molecule has 1 aromatic rings. The highest BCUT2D eigenvalue weighted by Gasteiger charge is 2.15. The van der Waals surface area contributed by atoms with Crippen LogP contribution >= 0.6 is 0 Å². The molecule has 1 N–H and O–H groups in total. The average Bonchev–Trinajstić information content (AvgIpc) is 2.37. The number of halogens is 1. The van der Waals surface area contributed by atoms with E-state index in [0.29, 0.717) is 0 Å². The predicted molar refractivity (Wildman–Crippen MR) is 73.1 cm³/mol. The summed E-state index contributed by atoms with van der Waals surface area (Å²) >= 11 is 0. The molecule has 3 heteroatoms. The van der Waals surface area contributed by atoms with Gasteiger partial charge in [0.25, 0.3) is 0 Å². The van der Waals surface area contributed by atoms with Crippen molar-refractivity contribution in [2.24, 2.45) is 0 Å². The molecule has 0 heterocycles. The molecule has 0 saturated carbocycles. The Morgan fingerprint density at radius 2 is 2.11 bits per heavy atom. The Morgan fingerprint density at radius 3 is 2.72 bits per heavy atom. The molecule has 0 aliphatic carbocycles. The summed E-state index contributed by atoms with van der Waals surface area (Å²) in [4.78, 5) is 0. The lowest BCUT2D eigenvalue weighted by Crippen LogP contribution is -2.26. The largest absolute Gasteiger partial charge is 0.369 e. The molecule has 0 aromatic heterocycles. The van der Waals surface area contributed by atoms with Crippen molar-refractivity contribution in [1.29, 1.82) is 0 Å². The Labute approximate surface area is 110 Å². The molecule has 0 spiro atoms. The van der Waals surface area contributed by atoms with Gasteiger partial charge < -0.3 is 10.1 Å². The molecule has 1 rings (SSSR count). The minimum atomic E-state index is -0.208. The molecule has 2 atom stereocenters. The van der Waals surface area contributed by atoms with Gasteiger partial charge in [-0.05, 0) is 44.0 Å². The van der Waals surface area contributed by atoms with E-state index in [2.05, 4.69) is 19.2 Å². The Bertz CT molecular complexity index is 343. The Kier molecular flexibility index (Phi) is 6.91. The van der Waals surface area contributed by atoms with Crippen molar-refractivity contribution in [3.05, 3.63) is 35.6 Å². The molecule has 0 bridgehead atoms. The van der Waals surface area contributed by atoms with Crippen molar-refractivity contribution >= 4 is 0 Å². The number of hydrogen-bond donors (Lipinski definition) is 1. The molecule has 18 heavy (non-hydrogen) atoms. The second-order valence-corrected chi connectivity index (χ2v) is 4.60. The average molecular weight is 253 g/mol. The van der Waals surface area contributed by atoms with E-state index >= 15 is 0 Å². The Hall–Kier alpha value is -0.930. The zero-order chi connectivity index (χ0) is 13.4. The molecule has 0 amide bonds. The third-order valence-electron chi connectivity index (χ3n) is 2.95. The molecule has 0 aliphatic rings. The minimum Gasteiger partial charge on any atom is -0.369 e. The van der Waals surface area contributed by atoms with Crippen molar-refractivity contribution in [2.45, 2.75) is 45.8 Å². The maximum atomic E-state index is 13.3. The SMILES string of the molecule is CCCNCC(OC(C)CC)c1cccc(F)c1. The van der Waals surface area contributed by atoms with Gasteiger partial charge in [-0.3, -0.25) is 0 Å². The van der Waals surface area contributed by atoms with Crippen LogP contribution < -0.4 is 5.32 Å². The van der Waals surface area contributed by atoms with Crippen LogP contribution in [0.25, 0.3) is 0 Å². The van der Waals surface area contributed by atoms with E-state index in [4.69, 9.17) is 4.74 Å². The van der Waals surface area contributed by atoms with Gasteiger partial charge in [0.2, 0.25) is 0 Å². The summed E-state index contributed by atoms with van der Waals surface area (Å²) in [6.07, 6.45) is 2.14. The van der Waals surface area contributed by atoms with Gasteiger partial charge in [0.05, 0.1) is 12.2 Å². The van der Waals surface area contributed by atoms with E-state index in [0.717, 1.165) is 31.5 Å². The number of benzene rings is 1. The lowest BCUT2D eigenvalue weighted by molar-refractivity contribution is -0.00454. The summed E-state index contributed by atoms with van der Waals surface area (Å²) in [5.74, 6) is -0.208. The molecule has 0 saturated heterocycles. The van der Waals surface area contributed by atoms with Crippen molar-refractivity contribution in [3.63, 3.8) is 0 Å². The Balaban J connectivity index is 2.69. The predicted octanol–water partition coefficient (Wildman–Crippen LogP) is 3.68. The van der Waals surface area contributed by atoms with Gasteiger partial charge in [0, 0.05) is 6.54 Å². The fourth-order valence-corrected chi connectivity index (χ4v) is 1.74. The summed E-state index contributed by atoms with van der Waals surface area (Å²) in [5, 5.41) is 3.34. The van der Waals surface area contributed by atoms with Gasteiger partial charge in [-0.25, -0.2) is 4.39 Å². The molecule has 0 fully saturated rings. The third kappa shape index (κ3) is 5.15. The van der Waals surface area contributed by atoms with Gasteiger partial charge in [-0.1, -0.05) is 26.0 Å². The number of ether oxygens (including phenoxy) is 1. The topological polar surface area (TPSA) is 21.3 Å². The van der Waals surface area contributed by atoms with Crippen LogP contribution in [0.1, 0.15) is 45.3 Å². The second kappa shape index (κ2) is 8.22. The van der Waals surface area contributed by atoms with Gasteiger partial charge >= 0.3 is 0 Å². The Morgan fingerprint density at radius 1 is 1.33 bits per heavy atom. The van der Waals surface area contributed by atoms with Crippen LogP contribution in [0.5, 0.6) is 0 Å². The fraction of sp³-hybridized carbons (Fsp3) is 0.600. The number of nitrogens with one attached hydrogen (secondary N) is 1. The number of rotatable bonds is 8. The first-order valence-electron chi connectivity index (χ1n) is 6.79. The van der Waals surface area contributed by atoms with Crippen LogP contribution in [0.2, 0.25) is 0 Å². The summed E-state index contributed by atoms with van der Waals surface area (Å²) in [6.45, 7) is 7.94. The highest BCUT2D eigenvalue weighted by atomic mass is 19.1. The van der Waals surface area contributed by atoms with Crippen molar-refractivity contribution in [2.75, 3.05) is 13.1 Å². The summed E-state index contributed by atoms with van der Waals surface area (Å²) in [7, 11) is 0. The molecule has 0 aliphatic heterocycles. The van der Waals surface area contributed by atoms with Crippen molar-refractivity contribution in [3.8, 4) is 0 Å². The van der Waals surface area contributed by atoms with E-state index in [1.807, 2.05) is 13.0 Å². The van der Waals surface area contributed by atoms with Crippen LogP contribution in [-0.4, -0.2) is 19.2 Å². The molecular formula is C15H24FNO. The maximum absolute atomic E-state index is 13.3. The van der Waals surface area contributed by atoms with Crippen LogP contribution in [-0.2, 0) is 4.74 Å². The highest BCUT2D eigenvalue weighted by molar-refractivity contribution is 5.19. The molecule has 0 radical (unpaired) electrons. The van der Waals surface area contributed by atoms with Gasteiger partial charge in [-0.15, -0.1) is 0 Å². The zero-order valence-electron chi connectivity index (χ0n) is 11.6. The highest BCUT2D eigenvalue weighted by Crippen LogP contribution is 2.20. The van der Waals surface area contributed by atoms with E-state index in [-0.39, 0.29) is 18.0 Å². The van der Waals surface area contributed by atoms with E-state index in [9.17, 15) is 4.39 Å². The fourth-order valence-electron chi connectivity index (χ4n) is 1.74. The summed E-state index contributed by atoms with van der Waals surface area (Å²) in [5.41, 5.74) is 0.902. The lowest BCUT2D eigenvalue weighted by Gasteiger charge is -2.22. The maximum Gasteiger partial charge on any atom is 0.123 e.